The van der Waals surface area contributed by atoms with Crippen molar-refractivity contribution < 1.29 is 19.4 Å². The van der Waals surface area contributed by atoms with Crippen LogP contribution in [0.1, 0.15) is 40.5 Å². The number of amides is 1. The van der Waals surface area contributed by atoms with E-state index in [0.29, 0.717) is 0 Å². The molecule has 116 valence electrons. The van der Waals surface area contributed by atoms with Gasteiger partial charge in [0.05, 0.1) is 0 Å². The normalized spacial score (nSPS) is 31.3. The van der Waals surface area contributed by atoms with Gasteiger partial charge in [-0.2, -0.15) is 0 Å². The molecule has 1 fully saturated rings. The molecule has 2 aliphatic rings. The highest BCUT2D eigenvalue weighted by Crippen LogP contribution is 2.56. The monoisotopic (exact) mass is 293 g/mol. The number of carboxylic acids is 1. The van der Waals surface area contributed by atoms with Gasteiger partial charge in [-0.1, -0.05) is 30.7 Å². The van der Waals surface area contributed by atoms with Gasteiger partial charge in [-0.15, -0.1) is 0 Å². The summed E-state index contributed by atoms with van der Waals surface area (Å²) >= 11 is 0. The van der Waals surface area contributed by atoms with Crippen molar-refractivity contribution in [1.29, 1.82) is 0 Å². The summed E-state index contributed by atoms with van der Waals surface area (Å²) in [5.41, 5.74) is -0.799. The number of carboxylic acid groups (broad SMARTS) is 1. The van der Waals surface area contributed by atoms with Crippen LogP contribution in [0.15, 0.2) is 23.8 Å². The van der Waals surface area contributed by atoms with E-state index in [-0.39, 0.29) is 11.8 Å². The maximum atomic E-state index is 12.0. The number of hydrogen-bond acceptors (Lipinski definition) is 3. The van der Waals surface area contributed by atoms with Crippen molar-refractivity contribution in [3.05, 3.63) is 23.8 Å². The second-order valence-electron chi connectivity index (χ2n) is 6.78. The average Bonchev–Trinajstić information content (AvgIpc) is 2.94. The minimum Gasteiger partial charge on any atom is -0.479 e. The van der Waals surface area contributed by atoms with Crippen molar-refractivity contribution in [1.82, 2.24) is 5.32 Å². The number of alkyl carbamates (subject to hydrolysis) is 1. The predicted molar refractivity (Wildman–Crippen MR) is 78.8 cm³/mol. The maximum absolute atomic E-state index is 12.0. The summed E-state index contributed by atoms with van der Waals surface area (Å²) in [6.45, 7) is 7.11. The van der Waals surface area contributed by atoms with E-state index in [1.807, 2.05) is 19.1 Å². The Labute approximate surface area is 125 Å². The van der Waals surface area contributed by atoms with Gasteiger partial charge in [0.15, 0.2) is 5.54 Å². The first-order chi connectivity index (χ1) is 9.68. The minimum absolute atomic E-state index is 0.139. The molecule has 0 aromatic heterocycles. The molecule has 0 radical (unpaired) electrons. The van der Waals surface area contributed by atoms with Crippen molar-refractivity contribution in [2.75, 3.05) is 0 Å². The summed E-state index contributed by atoms with van der Waals surface area (Å²) in [4.78, 5) is 23.7. The van der Waals surface area contributed by atoms with E-state index < -0.39 is 23.2 Å². The van der Waals surface area contributed by atoms with Gasteiger partial charge in [-0.05, 0) is 33.6 Å². The average molecular weight is 293 g/mol. The molecule has 0 saturated heterocycles. The number of ether oxygens (including phenoxy) is 1. The topological polar surface area (TPSA) is 75.6 Å². The van der Waals surface area contributed by atoms with Gasteiger partial charge in [-0.3, -0.25) is 0 Å². The number of carbonyl (C=O) groups excluding carboxylic acids is 1. The third-order valence-electron chi connectivity index (χ3n) is 4.11. The Bertz CT molecular complexity index is 515. The van der Waals surface area contributed by atoms with Crippen LogP contribution in [0.5, 0.6) is 0 Å². The van der Waals surface area contributed by atoms with Crippen molar-refractivity contribution in [3.63, 3.8) is 0 Å². The number of nitrogens with one attached hydrogen (secondary N) is 1. The molecule has 3 atom stereocenters. The Morgan fingerprint density at radius 3 is 2.57 bits per heavy atom. The van der Waals surface area contributed by atoms with Gasteiger partial charge in [0, 0.05) is 11.8 Å². The fourth-order valence-electron chi connectivity index (χ4n) is 3.10. The van der Waals surface area contributed by atoms with Crippen LogP contribution in [0.2, 0.25) is 0 Å². The zero-order chi connectivity index (χ0) is 15.8. The Morgan fingerprint density at radius 1 is 1.43 bits per heavy atom. The smallest absolute Gasteiger partial charge is 0.408 e. The van der Waals surface area contributed by atoms with Crippen LogP contribution in [0.25, 0.3) is 0 Å². The van der Waals surface area contributed by atoms with Crippen LogP contribution >= 0.6 is 0 Å². The molecule has 3 unspecified atom stereocenters. The molecule has 1 amide bonds. The molecule has 0 aromatic rings. The van der Waals surface area contributed by atoms with Crippen molar-refractivity contribution >= 4 is 12.1 Å². The minimum atomic E-state index is -1.24. The Hall–Kier alpha value is -1.78. The van der Waals surface area contributed by atoms with Gasteiger partial charge in [-0.25, -0.2) is 9.59 Å². The Morgan fingerprint density at radius 2 is 2.10 bits per heavy atom. The lowest BCUT2D eigenvalue weighted by atomic mass is 9.97. The lowest BCUT2D eigenvalue weighted by Crippen LogP contribution is -2.48. The molecule has 2 aliphatic carbocycles. The summed E-state index contributed by atoms with van der Waals surface area (Å²) in [7, 11) is 0. The second-order valence-corrected chi connectivity index (χ2v) is 6.78. The standard InChI is InChI=1S/C16H23NO4/c1-10-12(11-8-6-5-7-9-11)16(10,13(18)19)17-14(20)21-15(2,3)4/h5-6,8,10,12H,7,9H2,1-4H3,(H,17,20)(H,18,19). The number of aliphatic carboxylic acids is 1. The quantitative estimate of drug-likeness (QED) is 0.839. The van der Waals surface area contributed by atoms with Crippen LogP contribution < -0.4 is 5.32 Å². The van der Waals surface area contributed by atoms with E-state index in [0.717, 1.165) is 18.4 Å². The highest BCUT2D eigenvalue weighted by Gasteiger charge is 2.70. The highest BCUT2D eigenvalue weighted by molar-refractivity contribution is 5.90. The molecule has 5 nitrogen and oxygen atoms in total. The highest BCUT2D eigenvalue weighted by atomic mass is 16.6. The predicted octanol–water partition coefficient (Wildman–Crippen LogP) is 2.88. The molecule has 0 bridgehead atoms. The fourth-order valence-corrected chi connectivity index (χ4v) is 3.10. The number of allylic oxidation sites excluding steroid dienone is 3. The molecular formula is C16H23NO4. The first-order valence-corrected chi connectivity index (χ1v) is 7.28. The third kappa shape index (κ3) is 2.96. The molecular weight excluding hydrogens is 270 g/mol. The number of hydrogen-bond donors (Lipinski definition) is 2. The van der Waals surface area contributed by atoms with Crippen LogP contribution in [-0.2, 0) is 9.53 Å². The van der Waals surface area contributed by atoms with Crippen molar-refractivity contribution in [2.45, 2.75) is 51.7 Å². The van der Waals surface area contributed by atoms with Crippen molar-refractivity contribution in [3.8, 4) is 0 Å². The number of carbonyl (C=O) groups is 2. The van der Waals surface area contributed by atoms with Gasteiger partial charge < -0.3 is 15.2 Å². The van der Waals surface area contributed by atoms with E-state index >= 15 is 0 Å². The van der Waals surface area contributed by atoms with E-state index in [9.17, 15) is 14.7 Å². The number of rotatable bonds is 3. The fraction of sp³-hybridized carbons (Fsp3) is 0.625. The zero-order valence-corrected chi connectivity index (χ0v) is 13.0. The van der Waals surface area contributed by atoms with Crippen LogP contribution in [0.3, 0.4) is 0 Å². The zero-order valence-electron chi connectivity index (χ0n) is 13.0. The molecule has 21 heavy (non-hydrogen) atoms. The van der Waals surface area contributed by atoms with Crippen LogP contribution in [-0.4, -0.2) is 28.3 Å². The maximum Gasteiger partial charge on any atom is 0.408 e. The van der Waals surface area contributed by atoms with E-state index in [1.165, 1.54) is 0 Å². The Kier molecular flexibility index (Phi) is 3.87. The molecule has 2 rings (SSSR count). The first-order valence-electron chi connectivity index (χ1n) is 7.28. The summed E-state index contributed by atoms with van der Waals surface area (Å²) in [6, 6.07) is 0. The van der Waals surface area contributed by atoms with Gasteiger partial charge in [0.25, 0.3) is 0 Å². The van der Waals surface area contributed by atoms with Crippen molar-refractivity contribution in [2.24, 2.45) is 11.8 Å². The van der Waals surface area contributed by atoms with E-state index in [1.54, 1.807) is 20.8 Å². The molecule has 0 heterocycles. The second kappa shape index (κ2) is 5.20. The van der Waals surface area contributed by atoms with E-state index in [2.05, 4.69) is 11.4 Å². The summed E-state index contributed by atoms with van der Waals surface area (Å²) in [5, 5.41) is 12.2. The molecule has 5 heteroatoms. The Balaban J connectivity index is 2.16. The largest absolute Gasteiger partial charge is 0.479 e. The molecule has 1 saturated carbocycles. The van der Waals surface area contributed by atoms with Crippen LogP contribution in [0, 0.1) is 11.8 Å². The van der Waals surface area contributed by atoms with Gasteiger partial charge >= 0.3 is 12.1 Å². The molecule has 0 aromatic carbocycles. The molecule has 0 aliphatic heterocycles. The van der Waals surface area contributed by atoms with Gasteiger partial charge in [0.2, 0.25) is 0 Å². The van der Waals surface area contributed by atoms with E-state index in [4.69, 9.17) is 4.74 Å². The van der Waals surface area contributed by atoms with Crippen LogP contribution in [0.4, 0.5) is 4.79 Å². The summed E-state index contributed by atoms with van der Waals surface area (Å²) in [5.74, 6) is -1.30. The molecule has 2 N–H and O–H groups in total. The first kappa shape index (κ1) is 15.6. The lowest BCUT2D eigenvalue weighted by Gasteiger charge is -2.23. The van der Waals surface area contributed by atoms with Gasteiger partial charge in [0.1, 0.15) is 5.60 Å². The summed E-state index contributed by atoms with van der Waals surface area (Å²) in [6.07, 6.45) is 7.05. The molecule has 0 spiro atoms. The lowest BCUT2D eigenvalue weighted by molar-refractivity contribution is -0.141. The SMILES string of the molecule is CC1C(C2=CC=CCC2)C1(NC(=O)OC(C)(C)C)C(=O)O. The third-order valence-corrected chi connectivity index (χ3v) is 4.11. The summed E-state index contributed by atoms with van der Waals surface area (Å²) < 4.78 is 5.20.